The quantitative estimate of drug-likeness (QED) is 0.624. The van der Waals surface area contributed by atoms with Gasteiger partial charge in [-0.1, -0.05) is 18.2 Å². The second-order valence-electron chi connectivity index (χ2n) is 6.92. The lowest BCUT2D eigenvalue weighted by molar-refractivity contribution is 0.196. The smallest absolute Gasteiger partial charge is 0.160 e. The van der Waals surface area contributed by atoms with Gasteiger partial charge in [0.1, 0.15) is 5.82 Å². The predicted molar refractivity (Wildman–Crippen MR) is 98.5 cm³/mol. The van der Waals surface area contributed by atoms with Crippen LogP contribution in [0.4, 0.5) is 0 Å². The summed E-state index contributed by atoms with van der Waals surface area (Å²) in [5.74, 6) is 1.54. The number of aromatic nitrogens is 4. The van der Waals surface area contributed by atoms with Crippen molar-refractivity contribution in [1.29, 1.82) is 0 Å². The number of rotatable bonds is 3. The summed E-state index contributed by atoms with van der Waals surface area (Å²) in [6.45, 7) is 3.17. The van der Waals surface area contributed by atoms with Crippen LogP contribution in [0.15, 0.2) is 54.9 Å². The van der Waals surface area contributed by atoms with Gasteiger partial charge in [0.15, 0.2) is 5.65 Å². The largest absolute Gasteiger partial charge is 0.361 e. The summed E-state index contributed by atoms with van der Waals surface area (Å²) in [6, 6.07) is 14.8. The lowest BCUT2D eigenvalue weighted by Crippen LogP contribution is -2.34. The molecule has 1 saturated heterocycles. The number of nitrogens with one attached hydrogen (secondary N) is 1. The third-order valence-corrected chi connectivity index (χ3v) is 5.29. The molecular formula is C20H21N5. The van der Waals surface area contributed by atoms with Crippen LogP contribution in [0.5, 0.6) is 0 Å². The van der Waals surface area contributed by atoms with Crippen LogP contribution in [-0.2, 0) is 6.54 Å². The molecule has 1 fully saturated rings. The molecule has 25 heavy (non-hydrogen) atoms. The molecule has 126 valence electrons. The van der Waals surface area contributed by atoms with E-state index in [1.54, 1.807) is 0 Å². The van der Waals surface area contributed by atoms with Gasteiger partial charge in [0.05, 0.1) is 0 Å². The number of piperidine rings is 1. The Morgan fingerprint density at radius 3 is 3.08 bits per heavy atom. The summed E-state index contributed by atoms with van der Waals surface area (Å²) >= 11 is 0. The fraction of sp³-hybridized carbons (Fsp3) is 0.300. The highest BCUT2D eigenvalue weighted by atomic mass is 15.3. The maximum Gasteiger partial charge on any atom is 0.160 e. The summed E-state index contributed by atoms with van der Waals surface area (Å²) in [4.78, 5) is 5.86. The van der Waals surface area contributed by atoms with Crippen LogP contribution in [-0.4, -0.2) is 37.6 Å². The molecule has 4 aromatic rings. The average Bonchev–Trinajstić information content (AvgIpc) is 3.29. The molecule has 0 saturated carbocycles. The van der Waals surface area contributed by atoms with Crippen LogP contribution in [0.1, 0.15) is 30.1 Å². The van der Waals surface area contributed by atoms with Crippen molar-refractivity contribution in [3.63, 3.8) is 0 Å². The maximum absolute atomic E-state index is 4.48. The molecule has 1 aromatic carbocycles. The van der Waals surface area contributed by atoms with E-state index >= 15 is 0 Å². The van der Waals surface area contributed by atoms with Gasteiger partial charge in [0, 0.05) is 42.3 Å². The zero-order chi connectivity index (χ0) is 16.6. The van der Waals surface area contributed by atoms with E-state index in [-0.39, 0.29) is 0 Å². The molecule has 3 aromatic heterocycles. The van der Waals surface area contributed by atoms with Crippen LogP contribution in [0.3, 0.4) is 0 Å². The van der Waals surface area contributed by atoms with E-state index in [9.17, 15) is 0 Å². The molecule has 4 heterocycles. The van der Waals surface area contributed by atoms with Crippen LogP contribution < -0.4 is 0 Å². The molecule has 1 atom stereocenters. The molecule has 5 rings (SSSR count). The summed E-state index contributed by atoms with van der Waals surface area (Å²) < 4.78 is 2.14. The Bertz CT molecular complexity index is 1010. The summed E-state index contributed by atoms with van der Waals surface area (Å²) in [5.41, 5.74) is 3.55. The van der Waals surface area contributed by atoms with Gasteiger partial charge in [-0.25, -0.2) is 0 Å². The van der Waals surface area contributed by atoms with Gasteiger partial charge in [-0.3, -0.25) is 9.30 Å². The highest BCUT2D eigenvalue weighted by Gasteiger charge is 2.25. The fourth-order valence-corrected chi connectivity index (χ4v) is 4.08. The van der Waals surface area contributed by atoms with Crippen molar-refractivity contribution in [3.05, 3.63) is 66.2 Å². The number of hydrogen-bond acceptors (Lipinski definition) is 3. The van der Waals surface area contributed by atoms with Crippen molar-refractivity contribution in [3.8, 4) is 0 Å². The van der Waals surface area contributed by atoms with E-state index in [0.717, 1.165) is 31.1 Å². The molecule has 0 radical (unpaired) electrons. The minimum atomic E-state index is 0.441. The molecule has 5 heteroatoms. The van der Waals surface area contributed by atoms with Crippen LogP contribution in [0, 0.1) is 0 Å². The van der Waals surface area contributed by atoms with E-state index in [0.29, 0.717) is 5.92 Å². The van der Waals surface area contributed by atoms with Crippen LogP contribution >= 0.6 is 0 Å². The zero-order valence-electron chi connectivity index (χ0n) is 14.1. The third-order valence-electron chi connectivity index (χ3n) is 5.29. The minimum Gasteiger partial charge on any atom is -0.361 e. The van der Waals surface area contributed by atoms with Gasteiger partial charge >= 0.3 is 0 Å². The first-order chi connectivity index (χ1) is 12.4. The monoisotopic (exact) mass is 331 g/mol. The second-order valence-corrected chi connectivity index (χ2v) is 6.92. The standard InChI is InChI=1S/C20H21N5/c1-2-12-25-19(8-1)22-23-20(25)16-6-4-11-24(14-16)13-15-5-3-7-18-17(15)9-10-21-18/h1-3,5,7-10,12,16,21H,4,6,11,13-14H2/t16-/m0/s1. The molecular weight excluding hydrogens is 310 g/mol. The van der Waals surface area contributed by atoms with Crippen molar-refractivity contribution in [1.82, 2.24) is 24.5 Å². The number of aromatic amines is 1. The Kier molecular flexibility index (Phi) is 3.52. The Morgan fingerprint density at radius 2 is 2.08 bits per heavy atom. The molecule has 0 aliphatic carbocycles. The summed E-state index contributed by atoms with van der Waals surface area (Å²) in [7, 11) is 0. The number of pyridine rings is 1. The van der Waals surface area contributed by atoms with Gasteiger partial charge in [0.2, 0.25) is 0 Å². The Labute approximate surface area is 146 Å². The number of benzene rings is 1. The topological polar surface area (TPSA) is 49.2 Å². The molecule has 1 aliphatic heterocycles. The van der Waals surface area contributed by atoms with Gasteiger partial charge in [0.25, 0.3) is 0 Å². The van der Waals surface area contributed by atoms with Crippen LogP contribution in [0.2, 0.25) is 0 Å². The maximum atomic E-state index is 4.48. The van der Waals surface area contributed by atoms with Gasteiger partial charge in [-0.2, -0.15) is 0 Å². The first-order valence-electron chi connectivity index (χ1n) is 8.95. The van der Waals surface area contributed by atoms with Crippen molar-refractivity contribution < 1.29 is 0 Å². The fourth-order valence-electron chi connectivity index (χ4n) is 4.08. The molecule has 0 amide bonds. The lowest BCUT2D eigenvalue weighted by atomic mass is 9.96. The molecule has 1 aliphatic rings. The first-order valence-corrected chi connectivity index (χ1v) is 8.95. The molecule has 1 N–H and O–H groups in total. The van der Waals surface area contributed by atoms with Crippen molar-refractivity contribution in [2.45, 2.75) is 25.3 Å². The molecule has 5 nitrogen and oxygen atoms in total. The molecule has 0 spiro atoms. The van der Waals surface area contributed by atoms with E-state index in [1.165, 1.54) is 29.3 Å². The van der Waals surface area contributed by atoms with Crippen molar-refractivity contribution >= 4 is 16.6 Å². The van der Waals surface area contributed by atoms with Gasteiger partial charge < -0.3 is 4.98 Å². The van der Waals surface area contributed by atoms with Crippen molar-refractivity contribution in [2.24, 2.45) is 0 Å². The Hall–Kier alpha value is -2.66. The lowest BCUT2D eigenvalue weighted by Gasteiger charge is -2.32. The van der Waals surface area contributed by atoms with E-state index in [2.05, 4.69) is 54.9 Å². The second kappa shape index (κ2) is 6.01. The minimum absolute atomic E-state index is 0.441. The summed E-state index contributed by atoms with van der Waals surface area (Å²) in [5, 5.41) is 10.1. The zero-order valence-corrected chi connectivity index (χ0v) is 14.1. The number of H-pyrrole nitrogens is 1. The predicted octanol–water partition coefficient (Wildman–Crippen LogP) is 3.59. The van der Waals surface area contributed by atoms with E-state index < -0.39 is 0 Å². The number of fused-ring (bicyclic) bond motifs is 2. The van der Waals surface area contributed by atoms with Crippen molar-refractivity contribution in [2.75, 3.05) is 13.1 Å². The first kappa shape index (κ1) is 14.7. The molecule has 0 unspecified atom stereocenters. The Balaban J connectivity index is 1.40. The normalized spacial score (nSPS) is 19.0. The highest BCUT2D eigenvalue weighted by molar-refractivity contribution is 5.82. The number of nitrogens with zero attached hydrogens (tertiary/aromatic N) is 4. The van der Waals surface area contributed by atoms with Gasteiger partial charge in [-0.05, 0) is 49.2 Å². The summed E-state index contributed by atoms with van der Waals surface area (Å²) in [6.07, 6.45) is 6.48. The average molecular weight is 331 g/mol. The third kappa shape index (κ3) is 2.61. The van der Waals surface area contributed by atoms with E-state index in [4.69, 9.17) is 0 Å². The highest BCUT2D eigenvalue weighted by Crippen LogP contribution is 2.28. The SMILES string of the molecule is c1cc(CN2CCC[C@H](c3nnc4ccccn34)C2)c2cc[nH]c2c1. The number of likely N-dealkylation sites (tertiary alicyclic amines) is 1. The molecule has 0 bridgehead atoms. The van der Waals surface area contributed by atoms with E-state index in [1.807, 2.05) is 24.4 Å². The van der Waals surface area contributed by atoms with Gasteiger partial charge in [-0.15, -0.1) is 10.2 Å². The number of hydrogen-bond donors (Lipinski definition) is 1. The van der Waals surface area contributed by atoms with Crippen LogP contribution in [0.25, 0.3) is 16.6 Å². The Morgan fingerprint density at radius 1 is 1.08 bits per heavy atom.